The smallest absolute Gasteiger partial charge is 0.136 e. The second kappa shape index (κ2) is 3.59. The second-order valence-electron chi connectivity index (χ2n) is 6.79. The summed E-state index contributed by atoms with van der Waals surface area (Å²) < 4.78 is 2.22. The molecule has 0 radical (unpaired) electrons. The molecule has 0 aliphatic rings. The number of pyridine rings is 1. The first-order chi connectivity index (χ1) is 7.69. The van der Waals surface area contributed by atoms with E-state index in [1.165, 1.54) is 11.3 Å². The Kier molecular flexibility index (Phi) is 2.57. The molecule has 0 atom stereocenters. The minimum Gasteiger partial charge on any atom is -0.303 e. The van der Waals surface area contributed by atoms with Crippen molar-refractivity contribution >= 4 is 5.65 Å². The highest BCUT2D eigenvalue weighted by Gasteiger charge is 2.20. The topological polar surface area (TPSA) is 17.3 Å². The van der Waals surface area contributed by atoms with Gasteiger partial charge in [0.15, 0.2) is 0 Å². The van der Waals surface area contributed by atoms with Crippen molar-refractivity contribution in [2.75, 3.05) is 0 Å². The Labute approximate surface area is 104 Å². The lowest BCUT2D eigenvalue weighted by Crippen LogP contribution is -2.16. The third kappa shape index (κ3) is 2.21. The first-order valence-corrected chi connectivity index (χ1v) is 6.18. The number of hydrogen-bond acceptors (Lipinski definition) is 1. The molecule has 0 aromatic carbocycles. The van der Waals surface area contributed by atoms with Crippen LogP contribution in [0.15, 0.2) is 24.5 Å². The van der Waals surface area contributed by atoms with Crippen LogP contribution in [0, 0.1) is 0 Å². The molecule has 0 amide bonds. The summed E-state index contributed by atoms with van der Waals surface area (Å²) in [5.74, 6) is 0. The van der Waals surface area contributed by atoms with Gasteiger partial charge in [-0.15, -0.1) is 0 Å². The molecule has 2 aromatic heterocycles. The summed E-state index contributed by atoms with van der Waals surface area (Å²) in [6.07, 6.45) is 4.21. The van der Waals surface area contributed by atoms with Gasteiger partial charge in [0.1, 0.15) is 5.65 Å². The van der Waals surface area contributed by atoms with E-state index < -0.39 is 0 Å². The van der Waals surface area contributed by atoms with Crippen LogP contribution in [0.4, 0.5) is 0 Å². The fraction of sp³-hybridized carbons (Fsp3) is 0.533. The SMILES string of the molecule is CC(C)(C)c1ccc2ncc(C(C)(C)C)n2c1. The Morgan fingerprint density at radius 2 is 1.59 bits per heavy atom. The van der Waals surface area contributed by atoms with Gasteiger partial charge in [0.2, 0.25) is 0 Å². The van der Waals surface area contributed by atoms with Crippen LogP contribution >= 0.6 is 0 Å². The molecular weight excluding hydrogens is 208 g/mol. The molecule has 92 valence electrons. The van der Waals surface area contributed by atoms with Crippen LogP contribution in [0.5, 0.6) is 0 Å². The van der Waals surface area contributed by atoms with E-state index in [2.05, 4.69) is 69.3 Å². The lowest BCUT2D eigenvalue weighted by atomic mass is 9.88. The van der Waals surface area contributed by atoms with Crippen LogP contribution in [0.25, 0.3) is 5.65 Å². The number of imidazole rings is 1. The van der Waals surface area contributed by atoms with Gasteiger partial charge in [0.25, 0.3) is 0 Å². The van der Waals surface area contributed by atoms with Crippen molar-refractivity contribution in [1.29, 1.82) is 0 Å². The predicted octanol–water partition coefficient (Wildman–Crippen LogP) is 3.93. The Morgan fingerprint density at radius 3 is 2.12 bits per heavy atom. The normalized spacial score (nSPS) is 13.3. The molecule has 0 saturated carbocycles. The summed E-state index contributed by atoms with van der Waals surface area (Å²) in [4.78, 5) is 4.47. The van der Waals surface area contributed by atoms with Crippen molar-refractivity contribution in [2.24, 2.45) is 0 Å². The first-order valence-electron chi connectivity index (χ1n) is 6.18. The van der Waals surface area contributed by atoms with E-state index in [4.69, 9.17) is 0 Å². The lowest BCUT2D eigenvalue weighted by molar-refractivity contribution is 0.556. The highest BCUT2D eigenvalue weighted by Crippen LogP contribution is 2.27. The molecular formula is C15H22N2. The Balaban J connectivity index is 2.67. The maximum atomic E-state index is 4.47. The van der Waals surface area contributed by atoms with E-state index in [0.717, 1.165) is 5.65 Å². The average Bonchev–Trinajstić information content (AvgIpc) is 2.57. The Hall–Kier alpha value is -1.31. The van der Waals surface area contributed by atoms with Crippen LogP contribution in [0.1, 0.15) is 52.8 Å². The fourth-order valence-corrected chi connectivity index (χ4v) is 1.98. The minimum absolute atomic E-state index is 0.121. The van der Waals surface area contributed by atoms with Gasteiger partial charge in [-0.3, -0.25) is 0 Å². The van der Waals surface area contributed by atoms with Gasteiger partial charge in [-0.1, -0.05) is 47.6 Å². The summed E-state index contributed by atoms with van der Waals surface area (Å²) in [5, 5.41) is 0. The Bertz CT molecular complexity index is 536. The maximum Gasteiger partial charge on any atom is 0.136 e. The highest BCUT2D eigenvalue weighted by atomic mass is 15.0. The van der Waals surface area contributed by atoms with Gasteiger partial charge < -0.3 is 4.40 Å². The molecule has 0 saturated heterocycles. The van der Waals surface area contributed by atoms with Crippen LogP contribution < -0.4 is 0 Å². The van der Waals surface area contributed by atoms with E-state index in [-0.39, 0.29) is 10.8 Å². The third-order valence-electron chi connectivity index (χ3n) is 3.14. The number of aromatic nitrogens is 2. The van der Waals surface area contributed by atoms with Crippen LogP contribution in [-0.4, -0.2) is 9.38 Å². The molecule has 2 heterocycles. The summed E-state index contributed by atoms with van der Waals surface area (Å²) in [6, 6.07) is 4.28. The van der Waals surface area contributed by atoms with Crippen LogP contribution in [0.3, 0.4) is 0 Å². The van der Waals surface area contributed by atoms with Gasteiger partial charge in [-0.2, -0.15) is 0 Å². The molecule has 2 aromatic rings. The van der Waals surface area contributed by atoms with Crippen molar-refractivity contribution < 1.29 is 0 Å². The van der Waals surface area contributed by atoms with Crippen molar-refractivity contribution in [2.45, 2.75) is 52.4 Å². The van der Waals surface area contributed by atoms with Crippen LogP contribution in [0.2, 0.25) is 0 Å². The lowest BCUT2D eigenvalue weighted by Gasteiger charge is -2.22. The van der Waals surface area contributed by atoms with Gasteiger partial charge in [0, 0.05) is 23.5 Å². The zero-order valence-corrected chi connectivity index (χ0v) is 11.7. The molecule has 0 bridgehead atoms. The molecule has 0 aliphatic heterocycles. The third-order valence-corrected chi connectivity index (χ3v) is 3.14. The maximum absolute atomic E-state index is 4.47. The molecule has 17 heavy (non-hydrogen) atoms. The van der Waals surface area contributed by atoms with Crippen molar-refractivity contribution in [3.63, 3.8) is 0 Å². The molecule has 0 unspecified atom stereocenters. The molecule has 0 fully saturated rings. The van der Waals surface area contributed by atoms with Crippen molar-refractivity contribution in [3.05, 3.63) is 35.8 Å². The molecule has 0 aliphatic carbocycles. The van der Waals surface area contributed by atoms with Crippen molar-refractivity contribution in [1.82, 2.24) is 9.38 Å². The van der Waals surface area contributed by atoms with E-state index in [9.17, 15) is 0 Å². The molecule has 0 spiro atoms. The first kappa shape index (κ1) is 12.2. The molecule has 0 N–H and O–H groups in total. The standard InChI is InChI=1S/C15H22N2/c1-14(2,3)11-7-8-13-16-9-12(15(4,5)6)17(13)10-11/h7-10H,1-6H3. The van der Waals surface area contributed by atoms with Gasteiger partial charge >= 0.3 is 0 Å². The van der Waals surface area contributed by atoms with E-state index in [0.29, 0.717) is 0 Å². The fourth-order valence-electron chi connectivity index (χ4n) is 1.98. The highest BCUT2D eigenvalue weighted by molar-refractivity contribution is 5.44. The number of hydrogen-bond donors (Lipinski definition) is 0. The number of rotatable bonds is 0. The average molecular weight is 230 g/mol. The summed E-state index contributed by atoms with van der Waals surface area (Å²) in [5.41, 5.74) is 3.93. The summed E-state index contributed by atoms with van der Waals surface area (Å²) in [6.45, 7) is 13.4. The predicted molar refractivity (Wildman–Crippen MR) is 72.6 cm³/mol. The summed E-state index contributed by atoms with van der Waals surface area (Å²) >= 11 is 0. The van der Waals surface area contributed by atoms with E-state index in [1.807, 2.05) is 6.20 Å². The number of fused-ring (bicyclic) bond motifs is 1. The zero-order chi connectivity index (χ0) is 12.8. The minimum atomic E-state index is 0.121. The monoisotopic (exact) mass is 230 g/mol. The van der Waals surface area contributed by atoms with E-state index in [1.54, 1.807) is 0 Å². The van der Waals surface area contributed by atoms with Gasteiger partial charge in [0.05, 0.1) is 0 Å². The van der Waals surface area contributed by atoms with Crippen molar-refractivity contribution in [3.8, 4) is 0 Å². The number of nitrogens with zero attached hydrogens (tertiary/aromatic N) is 2. The zero-order valence-electron chi connectivity index (χ0n) is 11.7. The molecule has 2 nitrogen and oxygen atoms in total. The van der Waals surface area contributed by atoms with E-state index >= 15 is 0 Å². The molecule has 2 heteroatoms. The van der Waals surface area contributed by atoms with Gasteiger partial charge in [-0.25, -0.2) is 4.98 Å². The quantitative estimate of drug-likeness (QED) is 0.670. The summed E-state index contributed by atoms with van der Waals surface area (Å²) in [7, 11) is 0. The second-order valence-corrected chi connectivity index (χ2v) is 6.79. The largest absolute Gasteiger partial charge is 0.303 e. The molecule has 2 rings (SSSR count). The van der Waals surface area contributed by atoms with Crippen LogP contribution in [-0.2, 0) is 10.8 Å². The Morgan fingerprint density at radius 1 is 0.941 bits per heavy atom. The van der Waals surface area contributed by atoms with Gasteiger partial charge in [-0.05, 0) is 17.0 Å².